The molecule has 0 aromatic heterocycles. The normalized spacial score (nSPS) is 18.9. The Morgan fingerprint density at radius 1 is 1.52 bits per heavy atom. The van der Waals surface area contributed by atoms with E-state index in [1.807, 2.05) is 0 Å². The van der Waals surface area contributed by atoms with Crippen LogP contribution >= 0.6 is 11.6 Å². The number of nitro groups is 1. The van der Waals surface area contributed by atoms with Crippen molar-refractivity contribution in [3.05, 3.63) is 32.8 Å². The average Bonchev–Trinajstić information content (AvgIpc) is 2.92. The molecule has 7 nitrogen and oxygen atoms in total. The first-order chi connectivity index (χ1) is 9.81. The van der Waals surface area contributed by atoms with E-state index in [9.17, 15) is 18.5 Å². The van der Waals surface area contributed by atoms with Crippen molar-refractivity contribution in [1.29, 1.82) is 0 Å². The Labute approximate surface area is 127 Å². The Morgan fingerprint density at radius 3 is 2.81 bits per heavy atom. The molecule has 1 aromatic rings. The fraction of sp³-hybridized carbons (Fsp3) is 0.500. The van der Waals surface area contributed by atoms with Crippen LogP contribution in [0.5, 0.6) is 0 Å². The zero-order chi connectivity index (χ0) is 15.6. The Morgan fingerprint density at radius 2 is 2.24 bits per heavy atom. The molecule has 1 fully saturated rings. The van der Waals surface area contributed by atoms with Gasteiger partial charge in [-0.05, 0) is 25.8 Å². The second-order valence-corrected chi connectivity index (χ2v) is 6.97. The van der Waals surface area contributed by atoms with Gasteiger partial charge in [-0.1, -0.05) is 11.6 Å². The number of nitrogens with one attached hydrogen (secondary N) is 1. The predicted octanol–water partition coefficient (Wildman–Crippen LogP) is 2.01. The zero-order valence-corrected chi connectivity index (χ0v) is 12.9. The summed E-state index contributed by atoms with van der Waals surface area (Å²) in [7, 11) is -3.86. The Kier molecular flexibility index (Phi) is 4.82. The second-order valence-electron chi connectivity index (χ2n) is 4.79. The molecule has 116 valence electrons. The van der Waals surface area contributed by atoms with Gasteiger partial charge in [0, 0.05) is 24.8 Å². The molecule has 2 rings (SSSR count). The smallest absolute Gasteiger partial charge is 0.275 e. The quantitative estimate of drug-likeness (QED) is 0.656. The first kappa shape index (κ1) is 16.2. The number of nitro benzene ring substituents is 1. The minimum absolute atomic E-state index is 0.0432. The van der Waals surface area contributed by atoms with Crippen molar-refractivity contribution in [1.82, 2.24) is 4.72 Å². The lowest BCUT2D eigenvalue weighted by Crippen LogP contribution is -2.31. The molecule has 1 heterocycles. The van der Waals surface area contributed by atoms with E-state index in [-0.39, 0.29) is 33.8 Å². The van der Waals surface area contributed by atoms with Crippen LogP contribution in [0, 0.1) is 17.0 Å². The van der Waals surface area contributed by atoms with Gasteiger partial charge in [-0.15, -0.1) is 0 Å². The largest absolute Gasteiger partial charge is 0.377 e. The lowest BCUT2D eigenvalue weighted by molar-refractivity contribution is -0.385. The zero-order valence-electron chi connectivity index (χ0n) is 11.3. The number of benzene rings is 1. The summed E-state index contributed by atoms with van der Waals surface area (Å²) < 4.78 is 32.1. The summed E-state index contributed by atoms with van der Waals surface area (Å²) in [4.78, 5) is 10.1. The molecule has 1 aromatic carbocycles. The van der Waals surface area contributed by atoms with Gasteiger partial charge in [-0.25, -0.2) is 13.1 Å². The lowest BCUT2D eigenvalue weighted by Gasteiger charge is -2.12. The Bertz CT molecular complexity index is 656. The van der Waals surface area contributed by atoms with Gasteiger partial charge in [0.25, 0.3) is 5.69 Å². The highest BCUT2D eigenvalue weighted by molar-refractivity contribution is 7.89. The molecule has 0 saturated carbocycles. The van der Waals surface area contributed by atoms with Crippen LogP contribution in [0.3, 0.4) is 0 Å². The number of ether oxygens (including phenoxy) is 1. The van der Waals surface area contributed by atoms with Crippen molar-refractivity contribution in [2.24, 2.45) is 0 Å². The molecule has 21 heavy (non-hydrogen) atoms. The van der Waals surface area contributed by atoms with Gasteiger partial charge in [0.05, 0.1) is 20.9 Å². The van der Waals surface area contributed by atoms with Crippen LogP contribution in [0.15, 0.2) is 17.0 Å². The van der Waals surface area contributed by atoms with E-state index < -0.39 is 14.9 Å². The average molecular weight is 335 g/mol. The van der Waals surface area contributed by atoms with Crippen molar-refractivity contribution >= 4 is 27.3 Å². The van der Waals surface area contributed by atoms with Crippen LogP contribution in [0.2, 0.25) is 5.02 Å². The summed E-state index contributed by atoms with van der Waals surface area (Å²) in [6.07, 6.45) is 1.53. The molecule has 1 N–H and O–H groups in total. The third-order valence-corrected chi connectivity index (χ3v) is 5.12. The van der Waals surface area contributed by atoms with Crippen LogP contribution in [0.4, 0.5) is 5.69 Å². The van der Waals surface area contributed by atoms with Gasteiger partial charge in [-0.2, -0.15) is 0 Å². The predicted molar refractivity (Wildman–Crippen MR) is 77.0 cm³/mol. The summed E-state index contributed by atoms with van der Waals surface area (Å²) in [5.41, 5.74) is -0.0836. The number of hydrogen-bond donors (Lipinski definition) is 1. The maximum Gasteiger partial charge on any atom is 0.275 e. The fourth-order valence-corrected chi connectivity index (χ4v) is 3.47. The van der Waals surface area contributed by atoms with Gasteiger partial charge in [0.2, 0.25) is 10.0 Å². The lowest BCUT2D eigenvalue weighted by atomic mass is 10.2. The number of sulfonamides is 1. The van der Waals surface area contributed by atoms with Crippen molar-refractivity contribution in [3.8, 4) is 0 Å². The summed E-state index contributed by atoms with van der Waals surface area (Å²) in [6, 6.07) is 2.22. The summed E-state index contributed by atoms with van der Waals surface area (Å²) in [6.45, 7) is 2.23. The first-order valence-corrected chi connectivity index (χ1v) is 8.23. The molecule has 0 amide bonds. The van der Waals surface area contributed by atoms with Gasteiger partial charge < -0.3 is 4.74 Å². The molecular formula is C12H15ClN2O5S. The van der Waals surface area contributed by atoms with Crippen LogP contribution in [0.25, 0.3) is 0 Å². The van der Waals surface area contributed by atoms with Crippen LogP contribution in [-0.2, 0) is 14.8 Å². The van der Waals surface area contributed by atoms with Crippen molar-refractivity contribution in [3.63, 3.8) is 0 Å². The van der Waals surface area contributed by atoms with Crippen LogP contribution in [-0.4, -0.2) is 32.6 Å². The maximum absolute atomic E-state index is 12.2. The van der Waals surface area contributed by atoms with Gasteiger partial charge in [-0.3, -0.25) is 10.1 Å². The number of rotatable bonds is 5. The minimum Gasteiger partial charge on any atom is -0.377 e. The Balaban J connectivity index is 2.24. The van der Waals surface area contributed by atoms with Crippen LogP contribution in [0.1, 0.15) is 18.4 Å². The topological polar surface area (TPSA) is 98.5 Å². The number of hydrogen-bond acceptors (Lipinski definition) is 5. The Hall–Kier alpha value is -1.22. The monoisotopic (exact) mass is 334 g/mol. The highest BCUT2D eigenvalue weighted by Gasteiger charge is 2.24. The number of halogens is 1. The molecule has 1 aliphatic rings. The van der Waals surface area contributed by atoms with Crippen LogP contribution < -0.4 is 4.72 Å². The van der Waals surface area contributed by atoms with Gasteiger partial charge >= 0.3 is 0 Å². The van der Waals surface area contributed by atoms with E-state index in [0.717, 1.165) is 18.9 Å². The van der Waals surface area contributed by atoms with Gasteiger partial charge in [0.1, 0.15) is 0 Å². The van der Waals surface area contributed by atoms with Crippen molar-refractivity contribution in [2.75, 3.05) is 13.2 Å². The molecule has 1 aliphatic heterocycles. The molecule has 9 heteroatoms. The maximum atomic E-state index is 12.2. The molecule has 0 spiro atoms. The van der Waals surface area contributed by atoms with E-state index in [1.165, 1.54) is 13.0 Å². The highest BCUT2D eigenvalue weighted by Crippen LogP contribution is 2.29. The van der Waals surface area contributed by atoms with E-state index in [0.29, 0.717) is 6.61 Å². The second kappa shape index (κ2) is 6.27. The summed E-state index contributed by atoms with van der Waals surface area (Å²) in [5, 5.41) is 11.0. The highest BCUT2D eigenvalue weighted by atomic mass is 35.5. The minimum atomic E-state index is -3.86. The van der Waals surface area contributed by atoms with E-state index in [1.54, 1.807) is 0 Å². The van der Waals surface area contributed by atoms with E-state index in [2.05, 4.69) is 4.72 Å². The molecule has 0 radical (unpaired) electrons. The molecule has 0 bridgehead atoms. The molecule has 1 saturated heterocycles. The SMILES string of the molecule is Cc1c(Cl)cc(S(=O)(=O)NC[C@@H]2CCCO2)cc1[N+](=O)[O-]. The summed E-state index contributed by atoms with van der Waals surface area (Å²) in [5.74, 6) is 0. The van der Waals surface area contributed by atoms with E-state index in [4.69, 9.17) is 16.3 Å². The molecular weight excluding hydrogens is 320 g/mol. The van der Waals surface area contributed by atoms with E-state index >= 15 is 0 Å². The van der Waals surface area contributed by atoms with Gasteiger partial charge in [0.15, 0.2) is 0 Å². The van der Waals surface area contributed by atoms with Crippen molar-refractivity contribution < 1.29 is 18.1 Å². The first-order valence-electron chi connectivity index (χ1n) is 6.37. The molecule has 0 aliphatic carbocycles. The van der Waals surface area contributed by atoms with Crippen molar-refractivity contribution in [2.45, 2.75) is 30.8 Å². The third-order valence-electron chi connectivity index (χ3n) is 3.32. The number of nitrogens with zero attached hydrogens (tertiary/aromatic N) is 1. The molecule has 0 unspecified atom stereocenters. The summed E-state index contributed by atoms with van der Waals surface area (Å²) >= 11 is 5.88. The third kappa shape index (κ3) is 3.70. The molecule has 1 atom stereocenters. The standard InChI is InChI=1S/C12H15ClN2O5S/c1-8-11(13)5-10(6-12(8)15(16)17)21(18,19)14-7-9-3-2-4-20-9/h5-6,9,14H,2-4,7H2,1H3/t9-/m0/s1. The fourth-order valence-electron chi connectivity index (χ4n) is 2.08.